The molecule has 3 amide bonds. The lowest BCUT2D eigenvalue weighted by Gasteiger charge is -2.32. The number of fused-ring (bicyclic) bond motifs is 2. The molecular formula is C17H20N5O3+. The Balaban J connectivity index is 1.76. The predicted octanol–water partition coefficient (Wildman–Crippen LogP) is 0.578. The highest BCUT2D eigenvalue weighted by molar-refractivity contribution is 6.23. The number of amidine groups is 1. The molecule has 1 aromatic carbocycles. The number of nitrogens with zero attached hydrogens (tertiary/aromatic N) is 5. The average Bonchev–Trinajstić information content (AvgIpc) is 3.04. The van der Waals surface area contributed by atoms with Gasteiger partial charge in [-0.2, -0.15) is 0 Å². The number of hydrogen-bond acceptors (Lipinski definition) is 5. The van der Waals surface area contributed by atoms with Crippen LogP contribution in [0.5, 0.6) is 5.75 Å². The zero-order valence-electron chi connectivity index (χ0n) is 14.5. The summed E-state index contributed by atoms with van der Waals surface area (Å²) in [7, 11) is 4.81. The largest absolute Gasteiger partial charge is 0.497 e. The Morgan fingerprint density at radius 2 is 1.88 bits per heavy atom. The fourth-order valence-corrected chi connectivity index (χ4v) is 3.54. The van der Waals surface area contributed by atoms with Crippen molar-refractivity contribution in [3.63, 3.8) is 0 Å². The minimum absolute atomic E-state index is 0.228. The summed E-state index contributed by atoms with van der Waals surface area (Å²) in [6, 6.07) is 6.87. The van der Waals surface area contributed by atoms with Crippen molar-refractivity contribution in [1.82, 2.24) is 9.80 Å². The number of aliphatic imine (C=N–C) groups is 1. The minimum Gasteiger partial charge on any atom is -0.497 e. The Morgan fingerprint density at radius 1 is 1.16 bits per heavy atom. The van der Waals surface area contributed by atoms with Crippen LogP contribution in [0.2, 0.25) is 0 Å². The SMILES string of the molecule is COc1ccc(N2CCC[N+]3=C2N=C2C3C(=O)N(C)C(=O)N2C)cc1. The summed E-state index contributed by atoms with van der Waals surface area (Å²) in [5, 5.41) is 0. The van der Waals surface area contributed by atoms with E-state index in [1.165, 1.54) is 16.8 Å². The number of benzene rings is 1. The molecule has 8 nitrogen and oxygen atoms in total. The molecule has 1 atom stereocenters. The third-order valence-corrected chi connectivity index (χ3v) is 4.92. The third-order valence-electron chi connectivity index (χ3n) is 4.92. The van der Waals surface area contributed by atoms with Gasteiger partial charge in [0.05, 0.1) is 20.2 Å². The Kier molecular flexibility index (Phi) is 3.48. The van der Waals surface area contributed by atoms with Gasteiger partial charge in [0, 0.05) is 20.5 Å². The first-order chi connectivity index (χ1) is 12.0. The van der Waals surface area contributed by atoms with Crippen LogP contribution in [0.1, 0.15) is 6.42 Å². The number of ether oxygens (including phenoxy) is 1. The van der Waals surface area contributed by atoms with Crippen LogP contribution in [-0.2, 0) is 4.79 Å². The number of guanidine groups is 1. The Hall–Kier alpha value is -2.90. The van der Waals surface area contributed by atoms with Crippen LogP contribution < -0.4 is 9.64 Å². The zero-order chi connectivity index (χ0) is 17.7. The van der Waals surface area contributed by atoms with Gasteiger partial charge in [-0.15, -0.1) is 0 Å². The average molecular weight is 342 g/mol. The number of methoxy groups -OCH3 is 1. The molecule has 0 bridgehead atoms. The molecular weight excluding hydrogens is 322 g/mol. The lowest BCUT2D eigenvalue weighted by molar-refractivity contribution is -0.539. The van der Waals surface area contributed by atoms with Crippen LogP contribution >= 0.6 is 0 Å². The van der Waals surface area contributed by atoms with Crippen molar-refractivity contribution >= 4 is 29.4 Å². The van der Waals surface area contributed by atoms with Crippen LogP contribution in [0.4, 0.5) is 10.5 Å². The van der Waals surface area contributed by atoms with Gasteiger partial charge in [-0.25, -0.2) is 14.3 Å². The van der Waals surface area contributed by atoms with Crippen LogP contribution in [0, 0.1) is 0 Å². The van der Waals surface area contributed by atoms with E-state index < -0.39 is 6.04 Å². The first kappa shape index (κ1) is 15.6. The number of carbonyl (C=O) groups is 2. The Bertz CT molecular complexity index is 814. The Morgan fingerprint density at radius 3 is 2.56 bits per heavy atom. The smallest absolute Gasteiger partial charge is 0.397 e. The molecule has 3 aliphatic rings. The van der Waals surface area contributed by atoms with Gasteiger partial charge in [-0.3, -0.25) is 14.6 Å². The normalized spacial score (nSPS) is 22.9. The van der Waals surface area contributed by atoms with E-state index in [0.717, 1.165) is 36.9 Å². The maximum atomic E-state index is 12.7. The van der Waals surface area contributed by atoms with E-state index in [-0.39, 0.29) is 11.9 Å². The molecule has 4 rings (SSSR count). The highest BCUT2D eigenvalue weighted by Gasteiger charge is 2.53. The van der Waals surface area contributed by atoms with Gasteiger partial charge < -0.3 is 4.74 Å². The van der Waals surface area contributed by atoms with Crippen molar-refractivity contribution in [3.05, 3.63) is 24.3 Å². The molecule has 3 heterocycles. The molecule has 0 aromatic heterocycles. The van der Waals surface area contributed by atoms with E-state index >= 15 is 0 Å². The van der Waals surface area contributed by atoms with E-state index in [0.29, 0.717) is 5.84 Å². The second-order valence-corrected chi connectivity index (χ2v) is 6.31. The lowest BCUT2D eigenvalue weighted by Crippen LogP contribution is -2.62. The fourth-order valence-electron chi connectivity index (χ4n) is 3.54. The molecule has 0 radical (unpaired) electrons. The molecule has 0 saturated carbocycles. The van der Waals surface area contributed by atoms with Crippen molar-refractivity contribution in [2.24, 2.45) is 4.99 Å². The molecule has 0 spiro atoms. The van der Waals surface area contributed by atoms with Gasteiger partial charge in [0.15, 0.2) is 0 Å². The molecule has 1 aromatic rings. The summed E-state index contributed by atoms with van der Waals surface area (Å²) in [5.74, 6) is 1.79. The second-order valence-electron chi connectivity index (χ2n) is 6.31. The third kappa shape index (κ3) is 2.20. The predicted molar refractivity (Wildman–Crippen MR) is 92.2 cm³/mol. The molecule has 1 unspecified atom stereocenters. The number of likely N-dealkylation sites (N-methyl/N-ethyl adjacent to an activating group) is 2. The maximum Gasteiger partial charge on any atom is 0.397 e. The van der Waals surface area contributed by atoms with Crippen LogP contribution in [-0.4, -0.2) is 78.4 Å². The van der Waals surface area contributed by atoms with Gasteiger partial charge in [-0.1, -0.05) is 4.99 Å². The van der Waals surface area contributed by atoms with E-state index in [1.54, 1.807) is 14.2 Å². The first-order valence-corrected chi connectivity index (χ1v) is 8.22. The van der Waals surface area contributed by atoms with E-state index in [2.05, 4.69) is 9.89 Å². The summed E-state index contributed by atoms with van der Waals surface area (Å²) >= 11 is 0. The molecule has 1 saturated heterocycles. The van der Waals surface area contributed by atoms with Crippen molar-refractivity contribution in [2.75, 3.05) is 39.2 Å². The van der Waals surface area contributed by atoms with Crippen molar-refractivity contribution in [3.8, 4) is 5.75 Å². The number of anilines is 1. The minimum atomic E-state index is -0.524. The number of hydrogen-bond donors (Lipinski definition) is 0. The number of rotatable bonds is 2. The molecule has 8 heteroatoms. The molecule has 3 aliphatic heterocycles. The highest BCUT2D eigenvalue weighted by Crippen LogP contribution is 2.27. The molecule has 0 aliphatic carbocycles. The van der Waals surface area contributed by atoms with E-state index in [4.69, 9.17) is 4.74 Å². The zero-order valence-corrected chi connectivity index (χ0v) is 14.5. The van der Waals surface area contributed by atoms with Gasteiger partial charge in [0.1, 0.15) is 11.4 Å². The number of imide groups is 1. The van der Waals surface area contributed by atoms with Gasteiger partial charge in [0.25, 0.3) is 5.91 Å². The van der Waals surface area contributed by atoms with Crippen molar-refractivity contribution < 1.29 is 18.9 Å². The standard InChI is InChI=1S/C17H20N5O3/c1-19-14-13(15(23)20(2)17(19)24)22-10-4-9-21(16(22)18-14)11-5-7-12(25-3)8-6-11/h5-8,13H,4,9-10H2,1-3H3/q+1. The van der Waals surface area contributed by atoms with Gasteiger partial charge >= 0.3 is 12.0 Å². The fraction of sp³-hybridized carbons (Fsp3) is 0.412. The Labute approximate surface area is 145 Å². The van der Waals surface area contributed by atoms with Crippen LogP contribution in [0.15, 0.2) is 29.3 Å². The van der Waals surface area contributed by atoms with Crippen LogP contribution in [0.25, 0.3) is 0 Å². The summed E-state index contributed by atoms with van der Waals surface area (Å²) in [5.41, 5.74) is 0.985. The molecule has 25 heavy (non-hydrogen) atoms. The maximum absolute atomic E-state index is 12.7. The topological polar surface area (TPSA) is 68.5 Å². The second kappa shape index (κ2) is 5.58. The first-order valence-electron chi connectivity index (χ1n) is 8.22. The van der Waals surface area contributed by atoms with E-state index in [9.17, 15) is 9.59 Å². The van der Waals surface area contributed by atoms with Crippen molar-refractivity contribution in [2.45, 2.75) is 12.5 Å². The van der Waals surface area contributed by atoms with E-state index in [1.807, 2.05) is 28.8 Å². The summed E-state index contributed by atoms with van der Waals surface area (Å²) < 4.78 is 7.21. The number of amides is 3. The van der Waals surface area contributed by atoms with Gasteiger partial charge in [-0.05, 0) is 24.3 Å². The molecule has 1 fully saturated rings. The number of urea groups is 1. The van der Waals surface area contributed by atoms with Gasteiger partial charge in [0.2, 0.25) is 11.9 Å². The summed E-state index contributed by atoms with van der Waals surface area (Å²) in [4.78, 5) is 34.2. The lowest BCUT2D eigenvalue weighted by atomic mass is 10.1. The molecule has 0 N–H and O–H groups in total. The van der Waals surface area contributed by atoms with Crippen LogP contribution in [0.3, 0.4) is 0 Å². The van der Waals surface area contributed by atoms with Crippen molar-refractivity contribution in [1.29, 1.82) is 0 Å². The molecule has 130 valence electrons. The number of carbonyl (C=O) groups excluding carboxylic acids is 2. The summed E-state index contributed by atoms with van der Waals surface area (Å²) in [6.45, 7) is 1.55. The quantitative estimate of drug-likeness (QED) is 0.737. The highest BCUT2D eigenvalue weighted by atomic mass is 16.5. The summed E-state index contributed by atoms with van der Waals surface area (Å²) in [6.07, 6.45) is 0.906. The monoisotopic (exact) mass is 342 g/mol.